The van der Waals surface area contributed by atoms with Crippen LogP contribution in [0.1, 0.15) is 12.1 Å². The number of nitrogens with zero attached hydrogens (tertiary/aromatic N) is 1. The van der Waals surface area contributed by atoms with E-state index >= 15 is 0 Å². The topological polar surface area (TPSA) is 54.7 Å². The minimum Gasteiger partial charge on any atom is -0.344 e. The van der Waals surface area contributed by atoms with Gasteiger partial charge in [0.25, 0.3) is 5.92 Å². The van der Waals surface area contributed by atoms with Crippen molar-refractivity contribution in [3.8, 4) is 0 Å². The van der Waals surface area contributed by atoms with Crippen LogP contribution in [0.5, 0.6) is 0 Å². The van der Waals surface area contributed by atoms with Crippen LogP contribution in [-0.2, 0) is 5.92 Å². The van der Waals surface area contributed by atoms with E-state index in [2.05, 4.69) is 9.97 Å². The summed E-state index contributed by atoms with van der Waals surface area (Å²) in [5.41, 5.74) is 4.83. The Morgan fingerprint density at radius 2 is 2.36 bits per heavy atom. The van der Waals surface area contributed by atoms with E-state index in [1.165, 1.54) is 6.33 Å². The van der Waals surface area contributed by atoms with Gasteiger partial charge in [-0.15, -0.1) is 0 Å². The molecule has 0 aromatic carbocycles. The lowest BCUT2D eigenvalue weighted by atomic mass is 10.2. The number of alkyl halides is 2. The van der Waals surface area contributed by atoms with E-state index in [0.29, 0.717) is 0 Å². The number of H-pyrrole nitrogens is 1. The van der Waals surface area contributed by atoms with Crippen LogP contribution in [0.2, 0.25) is 0 Å². The quantitative estimate of drug-likeness (QED) is 0.690. The smallest absolute Gasteiger partial charge is 0.290 e. The van der Waals surface area contributed by atoms with Crippen LogP contribution in [0.4, 0.5) is 8.78 Å². The van der Waals surface area contributed by atoms with E-state index in [0.717, 1.165) is 6.20 Å². The molecule has 62 valence electrons. The molecule has 1 aromatic heterocycles. The standard InChI is InChI=1S/C6H9F2N3/c7-6(8,1-2-9)5-3-10-4-11-5/h3-4H,1-2,9H2,(H,10,11). The van der Waals surface area contributed by atoms with Gasteiger partial charge in [0, 0.05) is 6.42 Å². The fraction of sp³-hybridized carbons (Fsp3) is 0.500. The van der Waals surface area contributed by atoms with Gasteiger partial charge in [-0.3, -0.25) is 0 Å². The number of halogens is 2. The van der Waals surface area contributed by atoms with Crippen molar-refractivity contribution < 1.29 is 8.78 Å². The maximum Gasteiger partial charge on any atom is 0.290 e. The molecule has 0 unspecified atom stereocenters. The number of aromatic nitrogens is 2. The van der Waals surface area contributed by atoms with Crippen molar-refractivity contribution in [1.82, 2.24) is 9.97 Å². The number of hydrogen-bond acceptors (Lipinski definition) is 2. The van der Waals surface area contributed by atoms with Gasteiger partial charge in [0.05, 0.1) is 12.5 Å². The van der Waals surface area contributed by atoms with E-state index in [4.69, 9.17) is 5.73 Å². The Hall–Kier alpha value is -0.970. The molecule has 0 saturated carbocycles. The zero-order chi connectivity index (χ0) is 8.32. The van der Waals surface area contributed by atoms with Crippen molar-refractivity contribution in [2.75, 3.05) is 6.54 Å². The first-order valence-corrected chi connectivity index (χ1v) is 3.23. The van der Waals surface area contributed by atoms with Crippen molar-refractivity contribution in [1.29, 1.82) is 0 Å². The lowest BCUT2D eigenvalue weighted by Crippen LogP contribution is -2.18. The summed E-state index contributed by atoms with van der Waals surface area (Å²) in [6.45, 7) is -0.0357. The maximum absolute atomic E-state index is 12.8. The fourth-order valence-corrected chi connectivity index (χ4v) is 0.772. The van der Waals surface area contributed by atoms with E-state index in [9.17, 15) is 8.78 Å². The Morgan fingerprint density at radius 1 is 1.64 bits per heavy atom. The van der Waals surface area contributed by atoms with Crippen molar-refractivity contribution >= 4 is 0 Å². The van der Waals surface area contributed by atoms with Crippen LogP contribution in [0, 0.1) is 0 Å². The molecule has 3 nitrogen and oxygen atoms in total. The van der Waals surface area contributed by atoms with Crippen LogP contribution in [0.3, 0.4) is 0 Å². The number of aromatic amines is 1. The molecule has 0 aliphatic heterocycles. The van der Waals surface area contributed by atoms with Gasteiger partial charge in [-0.2, -0.15) is 8.78 Å². The molecular formula is C6H9F2N3. The highest BCUT2D eigenvalue weighted by atomic mass is 19.3. The molecule has 0 amide bonds. The van der Waals surface area contributed by atoms with Gasteiger partial charge < -0.3 is 10.7 Å². The Labute approximate surface area is 62.6 Å². The van der Waals surface area contributed by atoms with Gasteiger partial charge in [0.1, 0.15) is 5.69 Å². The molecule has 0 bridgehead atoms. The Morgan fingerprint density at radius 3 is 2.82 bits per heavy atom. The average molecular weight is 161 g/mol. The maximum atomic E-state index is 12.8. The summed E-state index contributed by atoms with van der Waals surface area (Å²) < 4.78 is 25.7. The van der Waals surface area contributed by atoms with Gasteiger partial charge in [-0.1, -0.05) is 0 Å². The van der Waals surface area contributed by atoms with E-state index in [-0.39, 0.29) is 18.7 Å². The average Bonchev–Trinajstić information content (AvgIpc) is 2.37. The molecule has 0 aliphatic carbocycles. The Kier molecular flexibility index (Phi) is 2.19. The van der Waals surface area contributed by atoms with Gasteiger partial charge in [0.15, 0.2) is 0 Å². The van der Waals surface area contributed by atoms with E-state index < -0.39 is 5.92 Å². The van der Waals surface area contributed by atoms with Crippen molar-refractivity contribution in [3.63, 3.8) is 0 Å². The lowest BCUT2D eigenvalue weighted by Gasteiger charge is -2.11. The molecule has 0 saturated heterocycles. The molecular weight excluding hydrogens is 152 g/mol. The van der Waals surface area contributed by atoms with Crippen molar-refractivity contribution in [3.05, 3.63) is 18.2 Å². The number of rotatable bonds is 3. The zero-order valence-electron chi connectivity index (χ0n) is 5.85. The minimum atomic E-state index is -2.87. The summed E-state index contributed by atoms with van der Waals surface area (Å²) in [6.07, 6.45) is 1.98. The highest BCUT2D eigenvalue weighted by molar-refractivity contribution is 5.03. The highest BCUT2D eigenvalue weighted by Crippen LogP contribution is 2.28. The summed E-state index contributed by atoms with van der Waals surface area (Å²) in [5, 5.41) is 0. The highest BCUT2D eigenvalue weighted by Gasteiger charge is 2.31. The second-order valence-corrected chi connectivity index (χ2v) is 2.21. The SMILES string of the molecule is NCCC(F)(F)c1cnc[nH]1. The number of hydrogen-bond donors (Lipinski definition) is 2. The zero-order valence-corrected chi connectivity index (χ0v) is 5.85. The summed E-state index contributed by atoms with van der Waals surface area (Å²) in [6, 6.07) is 0. The van der Waals surface area contributed by atoms with Gasteiger partial charge in [-0.25, -0.2) is 4.98 Å². The lowest BCUT2D eigenvalue weighted by molar-refractivity contribution is -0.0147. The first-order chi connectivity index (χ1) is 5.17. The van der Waals surface area contributed by atoms with Crippen molar-refractivity contribution in [2.45, 2.75) is 12.3 Å². The normalized spacial score (nSPS) is 11.9. The molecule has 3 N–H and O–H groups in total. The third-order valence-electron chi connectivity index (χ3n) is 1.35. The summed E-state index contributed by atoms with van der Waals surface area (Å²) in [5.74, 6) is -2.87. The largest absolute Gasteiger partial charge is 0.344 e. The Bertz CT molecular complexity index is 208. The molecule has 1 heterocycles. The summed E-state index contributed by atoms with van der Waals surface area (Å²) >= 11 is 0. The van der Waals surface area contributed by atoms with E-state index in [1.54, 1.807) is 0 Å². The van der Waals surface area contributed by atoms with Gasteiger partial charge in [-0.05, 0) is 6.54 Å². The van der Waals surface area contributed by atoms with E-state index in [1.807, 2.05) is 0 Å². The fourth-order valence-electron chi connectivity index (χ4n) is 0.772. The van der Waals surface area contributed by atoms with Crippen LogP contribution >= 0.6 is 0 Å². The molecule has 5 heteroatoms. The second kappa shape index (κ2) is 2.96. The molecule has 0 radical (unpaired) electrons. The number of nitrogens with two attached hydrogens (primary N) is 1. The summed E-state index contributed by atoms with van der Waals surface area (Å²) in [7, 11) is 0. The van der Waals surface area contributed by atoms with Gasteiger partial charge >= 0.3 is 0 Å². The molecule has 0 aliphatic rings. The third-order valence-corrected chi connectivity index (χ3v) is 1.35. The number of imidazole rings is 1. The minimum absolute atomic E-state index is 0.0357. The Balaban J connectivity index is 2.73. The predicted molar refractivity (Wildman–Crippen MR) is 36.2 cm³/mol. The summed E-state index contributed by atoms with van der Waals surface area (Å²) in [4.78, 5) is 5.84. The molecule has 1 rings (SSSR count). The van der Waals surface area contributed by atoms with Gasteiger partial charge in [0.2, 0.25) is 0 Å². The van der Waals surface area contributed by atoms with Crippen molar-refractivity contribution in [2.24, 2.45) is 5.73 Å². The first-order valence-electron chi connectivity index (χ1n) is 3.23. The molecule has 1 aromatic rings. The molecule has 0 spiro atoms. The second-order valence-electron chi connectivity index (χ2n) is 2.21. The van der Waals surface area contributed by atoms with Crippen LogP contribution < -0.4 is 5.73 Å². The van der Waals surface area contributed by atoms with Crippen LogP contribution in [0.15, 0.2) is 12.5 Å². The molecule has 0 fully saturated rings. The van der Waals surface area contributed by atoms with Crippen LogP contribution in [0.25, 0.3) is 0 Å². The molecule has 0 atom stereocenters. The predicted octanol–water partition coefficient (Wildman–Crippen LogP) is 0.850. The monoisotopic (exact) mass is 161 g/mol. The number of nitrogens with one attached hydrogen (secondary N) is 1. The molecule has 11 heavy (non-hydrogen) atoms. The third kappa shape index (κ3) is 1.74. The van der Waals surface area contributed by atoms with Crippen LogP contribution in [-0.4, -0.2) is 16.5 Å². The first kappa shape index (κ1) is 8.13.